The lowest BCUT2D eigenvalue weighted by atomic mass is 9.93. The molecule has 26 heavy (non-hydrogen) atoms. The maximum Gasteiger partial charge on any atom is 0.239 e. The van der Waals surface area contributed by atoms with Gasteiger partial charge in [0.25, 0.3) is 0 Å². The zero-order valence-electron chi connectivity index (χ0n) is 16.6. The Morgan fingerprint density at radius 2 is 2.12 bits per heavy atom. The number of nitrogens with zero attached hydrogens (tertiary/aromatic N) is 1. The molecule has 1 amide bonds. The third kappa shape index (κ3) is 4.71. The van der Waals surface area contributed by atoms with Crippen molar-refractivity contribution in [3.8, 4) is 0 Å². The van der Waals surface area contributed by atoms with Gasteiger partial charge in [-0.05, 0) is 31.8 Å². The van der Waals surface area contributed by atoms with E-state index < -0.39 is 5.54 Å². The number of halogens is 1. The molecule has 1 aliphatic heterocycles. The minimum Gasteiger partial charge on any atom is -0.380 e. The number of methoxy groups -OCH3 is 1. The number of amides is 1. The molecule has 1 aromatic carbocycles. The molecule has 0 saturated carbocycles. The summed E-state index contributed by atoms with van der Waals surface area (Å²) in [4.78, 5) is 14.7. The Labute approximate surface area is 156 Å². The fraction of sp³-hybridized carbons (Fsp3) is 0.571. The summed E-state index contributed by atoms with van der Waals surface area (Å²) in [6.07, 6.45) is 2.75. The summed E-state index contributed by atoms with van der Waals surface area (Å²) in [6.45, 7) is 10.3. The van der Waals surface area contributed by atoms with Gasteiger partial charge in [0.1, 0.15) is 5.82 Å². The van der Waals surface area contributed by atoms with Crippen molar-refractivity contribution in [3.63, 3.8) is 0 Å². The SMILES string of the molecule is COCc1cccc(C2=CCN(C(C)(C)C(=O)NCC(C)C)CC2)c1F. The number of nitrogens with one attached hydrogen (secondary N) is 1. The highest BCUT2D eigenvalue weighted by atomic mass is 19.1. The first-order chi connectivity index (χ1) is 12.3. The number of carbonyl (C=O) groups is 1. The van der Waals surface area contributed by atoms with E-state index in [1.165, 1.54) is 0 Å². The third-order valence-corrected chi connectivity index (χ3v) is 4.95. The smallest absolute Gasteiger partial charge is 0.239 e. The molecule has 0 atom stereocenters. The highest BCUT2D eigenvalue weighted by molar-refractivity contribution is 5.85. The van der Waals surface area contributed by atoms with Crippen LogP contribution in [0.2, 0.25) is 0 Å². The van der Waals surface area contributed by atoms with Gasteiger partial charge in [0.15, 0.2) is 0 Å². The van der Waals surface area contributed by atoms with Crippen LogP contribution in [0.5, 0.6) is 0 Å². The van der Waals surface area contributed by atoms with Gasteiger partial charge in [0, 0.05) is 37.9 Å². The fourth-order valence-corrected chi connectivity index (χ4v) is 3.17. The quantitative estimate of drug-likeness (QED) is 0.806. The standard InChI is InChI=1S/C21H31FN2O2/c1-15(2)13-23-20(25)21(3,4)24-11-9-16(10-12-24)18-8-6-7-17(14-26-5)19(18)22/h6-9,15H,10-14H2,1-5H3,(H,23,25). The Morgan fingerprint density at radius 1 is 1.38 bits per heavy atom. The van der Waals surface area contributed by atoms with Crippen molar-refractivity contribution < 1.29 is 13.9 Å². The molecule has 1 N–H and O–H groups in total. The van der Waals surface area contributed by atoms with Crippen LogP contribution in [0.4, 0.5) is 4.39 Å². The van der Waals surface area contributed by atoms with E-state index in [0.29, 0.717) is 36.6 Å². The molecule has 0 saturated heterocycles. The van der Waals surface area contributed by atoms with Crippen LogP contribution in [-0.2, 0) is 16.1 Å². The Hall–Kier alpha value is -1.72. The van der Waals surface area contributed by atoms with Crippen LogP contribution >= 0.6 is 0 Å². The molecule has 1 aliphatic rings. The number of hydrogen-bond donors (Lipinski definition) is 1. The molecule has 2 rings (SSSR count). The average molecular weight is 362 g/mol. The lowest BCUT2D eigenvalue weighted by Gasteiger charge is -2.39. The van der Waals surface area contributed by atoms with Gasteiger partial charge in [-0.3, -0.25) is 9.69 Å². The van der Waals surface area contributed by atoms with Gasteiger partial charge in [-0.15, -0.1) is 0 Å². The molecule has 0 radical (unpaired) electrons. The number of hydrogen-bond acceptors (Lipinski definition) is 3. The average Bonchev–Trinajstić information content (AvgIpc) is 2.61. The van der Waals surface area contributed by atoms with Gasteiger partial charge in [0.2, 0.25) is 5.91 Å². The first-order valence-corrected chi connectivity index (χ1v) is 9.26. The van der Waals surface area contributed by atoms with E-state index in [-0.39, 0.29) is 18.3 Å². The molecule has 5 heteroatoms. The third-order valence-electron chi connectivity index (χ3n) is 4.95. The lowest BCUT2D eigenvalue weighted by molar-refractivity contribution is -0.131. The van der Waals surface area contributed by atoms with E-state index in [0.717, 1.165) is 12.1 Å². The second kappa shape index (κ2) is 8.78. The van der Waals surface area contributed by atoms with Crippen LogP contribution in [0, 0.1) is 11.7 Å². The highest BCUT2D eigenvalue weighted by Gasteiger charge is 2.35. The molecule has 1 aromatic rings. The molecule has 4 nitrogen and oxygen atoms in total. The predicted octanol–water partition coefficient (Wildman–Crippen LogP) is 3.61. The van der Waals surface area contributed by atoms with Gasteiger partial charge in [-0.25, -0.2) is 4.39 Å². The number of carbonyl (C=O) groups excluding carboxylic acids is 1. The van der Waals surface area contributed by atoms with E-state index in [1.54, 1.807) is 13.2 Å². The maximum atomic E-state index is 14.7. The molecular weight excluding hydrogens is 331 g/mol. The summed E-state index contributed by atoms with van der Waals surface area (Å²) in [6, 6.07) is 5.43. The van der Waals surface area contributed by atoms with Crippen LogP contribution in [0.1, 0.15) is 45.2 Å². The number of rotatable bonds is 7. The normalized spacial score (nSPS) is 15.9. The summed E-state index contributed by atoms with van der Waals surface area (Å²) < 4.78 is 19.7. The molecule has 1 heterocycles. The minimum absolute atomic E-state index is 0.0383. The van der Waals surface area contributed by atoms with E-state index in [1.807, 2.05) is 32.1 Å². The Kier molecular flexibility index (Phi) is 6.95. The van der Waals surface area contributed by atoms with Crippen molar-refractivity contribution >= 4 is 11.5 Å². The zero-order chi connectivity index (χ0) is 19.3. The van der Waals surface area contributed by atoms with Crippen LogP contribution in [0.3, 0.4) is 0 Å². The first kappa shape index (κ1) is 20.6. The molecule has 0 aliphatic carbocycles. The second-order valence-corrected chi connectivity index (χ2v) is 7.80. The van der Waals surface area contributed by atoms with E-state index in [4.69, 9.17) is 4.74 Å². The molecule has 0 bridgehead atoms. The molecular formula is C21H31FN2O2. The molecule has 0 unspecified atom stereocenters. The first-order valence-electron chi connectivity index (χ1n) is 9.26. The van der Waals surface area contributed by atoms with E-state index in [2.05, 4.69) is 24.1 Å². The number of ether oxygens (including phenoxy) is 1. The monoisotopic (exact) mass is 362 g/mol. The summed E-state index contributed by atoms with van der Waals surface area (Å²) >= 11 is 0. The summed E-state index contributed by atoms with van der Waals surface area (Å²) in [5.41, 5.74) is 1.62. The Morgan fingerprint density at radius 3 is 2.69 bits per heavy atom. The largest absolute Gasteiger partial charge is 0.380 e. The van der Waals surface area contributed by atoms with Crippen molar-refractivity contribution in [1.29, 1.82) is 0 Å². The summed E-state index contributed by atoms with van der Waals surface area (Å²) in [5, 5.41) is 3.02. The van der Waals surface area contributed by atoms with Crippen molar-refractivity contribution in [1.82, 2.24) is 10.2 Å². The maximum absolute atomic E-state index is 14.7. The van der Waals surface area contributed by atoms with Crippen LogP contribution < -0.4 is 5.32 Å². The molecule has 0 spiro atoms. The topological polar surface area (TPSA) is 41.6 Å². The number of benzene rings is 1. The molecule has 0 aromatic heterocycles. The van der Waals surface area contributed by atoms with Crippen molar-refractivity contribution in [2.24, 2.45) is 5.92 Å². The highest BCUT2D eigenvalue weighted by Crippen LogP contribution is 2.29. The van der Waals surface area contributed by atoms with E-state index in [9.17, 15) is 9.18 Å². The Balaban J connectivity index is 2.10. The van der Waals surface area contributed by atoms with Crippen molar-refractivity contribution in [2.45, 2.75) is 46.3 Å². The van der Waals surface area contributed by atoms with E-state index >= 15 is 0 Å². The Bertz CT molecular complexity index is 668. The predicted molar refractivity (Wildman–Crippen MR) is 103 cm³/mol. The summed E-state index contributed by atoms with van der Waals surface area (Å²) in [7, 11) is 1.57. The van der Waals surface area contributed by atoms with Gasteiger partial charge < -0.3 is 10.1 Å². The minimum atomic E-state index is -0.590. The van der Waals surface area contributed by atoms with Gasteiger partial charge >= 0.3 is 0 Å². The zero-order valence-corrected chi connectivity index (χ0v) is 16.6. The summed E-state index contributed by atoms with van der Waals surface area (Å²) in [5.74, 6) is 0.254. The second-order valence-electron chi connectivity index (χ2n) is 7.80. The van der Waals surface area contributed by atoms with Gasteiger partial charge in [-0.1, -0.05) is 38.1 Å². The lowest BCUT2D eigenvalue weighted by Crippen LogP contribution is -2.56. The van der Waals surface area contributed by atoms with Crippen molar-refractivity contribution in [2.75, 3.05) is 26.7 Å². The van der Waals surface area contributed by atoms with Crippen LogP contribution in [0.25, 0.3) is 5.57 Å². The van der Waals surface area contributed by atoms with Gasteiger partial charge in [0.05, 0.1) is 12.1 Å². The van der Waals surface area contributed by atoms with Gasteiger partial charge in [-0.2, -0.15) is 0 Å². The van der Waals surface area contributed by atoms with Crippen LogP contribution in [-0.4, -0.2) is 43.1 Å². The fourth-order valence-electron chi connectivity index (χ4n) is 3.17. The van der Waals surface area contributed by atoms with Crippen molar-refractivity contribution in [3.05, 3.63) is 41.2 Å². The van der Waals surface area contributed by atoms with Crippen LogP contribution in [0.15, 0.2) is 24.3 Å². The molecule has 144 valence electrons. The molecule has 0 fully saturated rings.